The van der Waals surface area contributed by atoms with Crippen LogP contribution in [0.4, 0.5) is 13.2 Å². The smallest absolute Gasteiger partial charge is 0.376 e. The van der Waals surface area contributed by atoms with Gasteiger partial charge in [-0.2, -0.15) is 13.2 Å². The zero-order valence-corrected chi connectivity index (χ0v) is 11.6. The molecule has 0 radical (unpaired) electrons. The summed E-state index contributed by atoms with van der Waals surface area (Å²) in [6.07, 6.45) is -0.150. The summed E-state index contributed by atoms with van der Waals surface area (Å²) >= 11 is 0. The predicted molar refractivity (Wildman–Crippen MR) is 69.2 cm³/mol. The Labute approximate surface area is 116 Å². The number of nitrogens with zero attached hydrogens (tertiary/aromatic N) is 1. The molecule has 1 aromatic rings. The Hall–Kier alpha value is -1.14. The van der Waals surface area contributed by atoms with Crippen molar-refractivity contribution in [2.75, 3.05) is 13.7 Å². The molecule has 2 rings (SSSR count). The van der Waals surface area contributed by atoms with Gasteiger partial charge in [0.25, 0.3) is 0 Å². The van der Waals surface area contributed by atoms with E-state index in [9.17, 15) is 13.2 Å². The molecule has 1 N–H and O–H groups in total. The second-order valence-corrected chi connectivity index (χ2v) is 4.98. The highest BCUT2D eigenvalue weighted by molar-refractivity contribution is 5.30. The summed E-state index contributed by atoms with van der Waals surface area (Å²) in [5.41, 5.74) is -0.481. The third-order valence-corrected chi connectivity index (χ3v) is 3.58. The van der Waals surface area contributed by atoms with Gasteiger partial charge in [0.2, 0.25) is 0 Å². The molecule has 1 aliphatic carbocycles. The van der Waals surface area contributed by atoms with Gasteiger partial charge in [-0.25, -0.2) is 0 Å². The fourth-order valence-corrected chi connectivity index (χ4v) is 2.53. The van der Waals surface area contributed by atoms with Crippen molar-refractivity contribution < 1.29 is 17.9 Å². The Morgan fingerprint density at radius 3 is 2.65 bits per heavy atom. The number of hydrogen-bond acceptors (Lipinski definition) is 3. The van der Waals surface area contributed by atoms with E-state index in [1.54, 1.807) is 7.05 Å². The minimum Gasteiger partial charge on any atom is -0.376 e. The van der Waals surface area contributed by atoms with Crippen molar-refractivity contribution in [2.45, 2.75) is 38.1 Å². The van der Waals surface area contributed by atoms with E-state index in [4.69, 9.17) is 4.74 Å². The normalized spacial score (nSPS) is 18.9. The molecule has 112 valence electrons. The molecular weight excluding hydrogens is 269 g/mol. The Morgan fingerprint density at radius 2 is 2.15 bits per heavy atom. The summed E-state index contributed by atoms with van der Waals surface area (Å²) in [6, 6.07) is 0.531. The Bertz CT molecular complexity index is 446. The van der Waals surface area contributed by atoms with Crippen LogP contribution in [0.5, 0.6) is 0 Å². The topological polar surface area (TPSA) is 34.1 Å². The zero-order chi connectivity index (χ0) is 14.8. The van der Waals surface area contributed by atoms with E-state index in [0.717, 1.165) is 18.9 Å². The number of alkyl halides is 3. The lowest BCUT2D eigenvalue weighted by Crippen LogP contribution is -2.35. The fraction of sp³-hybridized carbons (Fsp3) is 0.643. The van der Waals surface area contributed by atoms with E-state index in [1.807, 2.05) is 6.92 Å². The van der Waals surface area contributed by atoms with Gasteiger partial charge in [-0.3, -0.25) is 4.98 Å². The highest BCUT2D eigenvalue weighted by atomic mass is 19.4. The fourth-order valence-electron chi connectivity index (χ4n) is 2.53. The van der Waals surface area contributed by atoms with Crippen LogP contribution < -0.4 is 5.32 Å². The highest BCUT2D eigenvalue weighted by Crippen LogP contribution is 2.42. The van der Waals surface area contributed by atoms with Gasteiger partial charge in [0.1, 0.15) is 0 Å². The first-order valence-electron chi connectivity index (χ1n) is 6.79. The van der Waals surface area contributed by atoms with E-state index >= 15 is 0 Å². The second-order valence-electron chi connectivity index (χ2n) is 4.98. The third kappa shape index (κ3) is 3.30. The maximum atomic E-state index is 13.1. The summed E-state index contributed by atoms with van der Waals surface area (Å²) in [4.78, 5) is 3.85. The van der Waals surface area contributed by atoms with E-state index in [0.29, 0.717) is 12.5 Å². The van der Waals surface area contributed by atoms with Crippen LogP contribution in [0, 0.1) is 5.92 Å². The van der Waals surface area contributed by atoms with Gasteiger partial charge < -0.3 is 10.1 Å². The van der Waals surface area contributed by atoms with Crippen LogP contribution in [0.1, 0.15) is 36.9 Å². The molecule has 0 aliphatic heterocycles. The maximum absolute atomic E-state index is 13.1. The van der Waals surface area contributed by atoms with E-state index in [-0.39, 0.29) is 11.7 Å². The summed E-state index contributed by atoms with van der Waals surface area (Å²) < 4.78 is 45.0. The third-order valence-electron chi connectivity index (χ3n) is 3.58. The van der Waals surface area contributed by atoms with Crippen LogP contribution in [0.25, 0.3) is 0 Å². The minimum absolute atomic E-state index is 0.160. The van der Waals surface area contributed by atoms with Crippen molar-refractivity contribution >= 4 is 0 Å². The van der Waals surface area contributed by atoms with Crippen LogP contribution >= 0.6 is 0 Å². The number of nitrogens with one attached hydrogen (secondary N) is 1. The molecule has 2 unspecified atom stereocenters. The summed E-state index contributed by atoms with van der Waals surface area (Å²) in [5, 5.41) is 2.97. The molecule has 0 amide bonds. The van der Waals surface area contributed by atoms with Crippen LogP contribution in [0.3, 0.4) is 0 Å². The van der Waals surface area contributed by atoms with Crippen molar-refractivity contribution in [3.63, 3.8) is 0 Å². The van der Waals surface area contributed by atoms with E-state index in [1.165, 1.54) is 12.4 Å². The predicted octanol–water partition coefficient (Wildman–Crippen LogP) is 3.18. The standard InChI is InChI=1S/C14H19F3N2O/c1-3-20-13(9-4-5-9)12(18-2)10-8-19-7-6-11(10)14(15,16)17/h6-9,12-13,18H,3-5H2,1-2H3. The Kier molecular flexibility index (Phi) is 4.65. The number of ether oxygens (including phenoxy) is 1. The van der Waals surface area contributed by atoms with Gasteiger partial charge >= 0.3 is 6.18 Å². The summed E-state index contributed by atoms with van der Waals surface area (Å²) in [6.45, 7) is 2.34. The molecule has 6 heteroatoms. The SMILES string of the molecule is CCOC(C1CC1)C(NC)c1cnccc1C(F)(F)F. The molecule has 0 spiro atoms. The molecule has 20 heavy (non-hydrogen) atoms. The molecule has 1 heterocycles. The number of pyridine rings is 1. The van der Waals surface area contributed by atoms with Crippen molar-refractivity contribution in [1.82, 2.24) is 10.3 Å². The molecule has 0 bridgehead atoms. The Balaban J connectivity index is 2.35. The number of rotatable bonds is 6. The van der Waals surface area contributed by atoms with Crippen LogP contribution in [-0.4, -0.2) is 24.7 Å². The lowest BCUT2D eigenvalue weighted by atomic mass is 9.95. The molecule has 1 saturated carbocycles. The number of aromatic nitrogens is 1. The average molecular weight is 288 g/mol. The van der Waals surface area contributed by atoms with Crippen LogP contribution in [-0.2, 0) is 10.9 Å². The largest absolute Gasteiger partial charge is 0.416 e. The lowest BCUT2D eigenvalue weighted by Gasteiger charge is -2.29. The zero-order valence-electron chi connectivity index (χ0n) is 11.6. The number of hydrogen-bond donors (Lipinski definition) is 1. The quantitative estimate of drug-likeness (QED) is 0.873. The first kappa shape index (κ1) is 15.3. The van der Waals surface area contributed by atoms with Gasteiger partial charge in [0.05, 0.1) is 17.7 Å². The summed E-state index contributed by atoms with van der Waals surface area (Å²) in [7, 11) is 1.66. The van der Waals surface area contributed by atoms with Gasteiger partial charge in [-0.1, -0.05) is 0 Å². The highest BCUT2D eigenvalue weighted by Gasteiger charge is 2.41. The lowest BCUT2D eigenvalue weighted by molar-refractivity contribution is -0.139. The van der Waals surface area contributed by atoms with Crippen molar-refractivity contribution in [2.24, 2.45) is 5.92 Å². The number of likely N-dealkylation sites (N-methyl/N-ethyl adjacent to an activating group) is 1. The molecule has 2 atom stereocenters. The van der Waals surface area contributed by atoms with Crippen LogP contribution in [0.2, 0.25) is 0 Å². The van der Waals surface area contributed by atoms with Gasteiger partial charge in [-0.05, 0) is 38.8 Å². The molecular formula is C14H19F3N2O. The Morgan fingerprint density at radius 1 is 1.45 bits per heavy atom. The number of halogens is 3. The van der Waals surface area contributed by atoms with Crippen molar-refractivity contribution in [1.29, 1.82) is 0 Å². The molecule has 0 aromatic carbocycles. The van der Waals surface area contributed by atoms with Gasteiger partial charge in [0, 0.05) is 24.6 Å². The molecule has 1 aromatic heterocycles. The van der Waals surface area contributed by atoms with E-state index < -0.39 is 17.8 Å². The van der Waals surface area contributed by atoms with E-state index in [2.05, 4.69) is 10.3 Å². The summed E-state index contributed by atoms with van der Waals surface area (Å²) in [5.74, 6) is 0.327. The first-order valence-corrected chi connectivity index (χ1v) is 6.79. The molecule has 0 saturated heterocycles. The molecule has 1 aliphatic rings. The minimum atomic E-state index is -4.38. The average Bonchev–Trinajstić information content (AvgIpc) is 3.22. The second kappa shape index (κ2) is 6.10. The molecule has 1 fully saturated rings. The maximum Gasteiger partial charge on any atom is 0.416 e. The molecule has 3 nitrogen and oxygen atoms in total. The van der Waals surface area contributed by atoms with Gasteiger partial charge in [0.15, 0.2) is 0 Å². The first-order chi connectivity index (χ1) is 9.49. The van der Waals surface area contributed by atoms with Crippen LogP contribution in [0.15, 0.2) is 18.5 Å². The van der Waals surface area contributed by atoms with Gasteiger partial charge in [-0.15, -0.1) is 0 Å². The van der Waals surface area contributed by atoms with Crippen molar-refractivity contribution in [3.8, 4) is 0 Å². The monoisotopic (exact) mass is 288 g/mol. The van der Waals surface area contributed by atoms with Crippen molar-refractivity contribution in [3.05, 3.63) is 29.6 Å².